The van der Waals surface area contributed by atoms with Gasteiger partial charge >= 0.3 is 0 Å². The molecule has 0 aromatic rings. The van der Waals surface area contributed by atoms with Crippen LogP contribution in [0.3, 0.4) is 0 Å². The molecule has 0 atom stereocenters. The lowest BCUT2D eigenvalue weighted by molar-refractivity contribution is -0.138. The van der Waals surface area contributed by atoms with Crippen molar-refractivity contribution in [1.29, 1.82) is 0 Å². The molecule has 0 bridgehead atoms. The van der Waals surface area contributed by atoms with Crippen molar-refractivity contribution in [3.05, 3.63) is 0 Å². The second kappa shape index (κ2) is 5.45. The maximum atomic E-state index is 11.5. The fourth-order valence-corrected chi connectivity index (χ4v) is 1.50. The molecule has 82 valence electrons. The van der Waals surface area contributed by atoms with Gasteiger partial charge in [-0.25, -0.2) is 0 Å². The minimum absolute atomic E-state index is 0.0427. The van der Waals surface area contributed by atoms with E-state index < -0.39 is 5.41 Å². The molecule has 0 saturated carbocycles. The van der Waals surface area contributed by atoms with Crippen molar-refractivity contribution in [1.82, 2.24) is 0 Å². The molecule has 0 aliphatic carbocycles. The minimum atomic E-state index is -1.15. The molecule has 0 aromatic carbocycles. The van der Waals surface area contributed by atoms with Gasteiger partial charge in [0.05, 0.1) is 5.41 Å². The Morgan fingerprint density at radius 1 is 1.13 bits per heavy atom. The number of ketones is 3. The van der Waals surface area contributed by atoms with E-state index in [4.69, 9.17) is 6.42 Å². The van der Waals surface area contributed by atoms with E-state index in [1.807, 2.05) is 0 Å². The Balaban J connectivity index is 4.97. The molecule has 0 heterocycles. The van der Waals surface area contributed by atoms with Gasteiger partial charge in [0.1, 0.15) is 17.3 Å². The number of carbonyl (C=O) groups excluding carboxylic acids is 3. The van der Waals surface area contributed by atoms with Gasteiger partial charge in [-0.05, 0) is 27.2 Å². The summed E-state index contributed by atoms with van der Waals surface area (Å²) in [7, 11) is 0. The van der Waals surface area contributed by atoms with E-state index >= 15 is 0 Å². The number of terminal acetylenes is 1. The molecular formula is C12H16O3. The lowest BCUT2D eigenvalue weighted by Crippen LogP contribution is -2.36. The van der Waals surface area contributed by atoms with Gasteiger partial charge in [0, 0.05) is 12.8 Å². The average molecular weight is 208 g/mol. The Kier molecular flexibility index (Phi) is 4.93. The Labute approximate surface area is 90.2 Å². The number of hydrogen-bond acceptors (Lipinski definition) is 3. The molecule has 0 unspecified atom stereocenters. The fraction of sp³-hybridized carbons (Fsp3) is 0.583. The normalized spacial score (nSPS) is 10.5. The lowest BCUT2D eigenvalue weighted by atomic mass is 9.73. The molecule has 3 heteroatoms. The van der Waals surface area contributed by atoms with Crippen LogP contribution < -0.4 is 0 Å². The predicted octanol–water partition coefficient (Wildman–Crippen LogP) is 1.54. The zero-order valence-corrected chi connectivity index (χ0v) is 9.42. The van der Waals surface area contributed by atoms with Crippen LogP contribution in [0.1, 0.15) is 40.0 Å². The number of hydrogen-bond donors (Lipinski definition) is 0. The van der Waals surface area contributed by atoms with Crippen LogP contribution in [0.2, 0.25) is 0 Å². The van der Waals surface area contributed by atoms with E-state index in [0.717, 1.165) is 0 Å². The van der Waals surface area contributed by atoms with Crippen LogP contribution in [0, 0.1) is 17.8 Å². The van der Waals surface area contributed by atoms with Gasteiger partial charge < -0.3 is 4.79 Å². The van der Waals surface area contributed by atoms with Gasteiger partial charge in [0.2, 0.25) is 0 Å². The van der Waals surface area contributed by atoms with Crippen molar-refractivity contribution in [2.24, 2.45) is 5.41 Å². The third-order valence-electron chi connectivity index (χ3n) is 2.66. The van der Waals surface area contributed by atoms with Gasteiger partial charge in [0.15, 0.2) is 0 Å². The minimum Gasteiger partial charge on any atom is -0.300 e. The lowest BCUT2D eigenvalue weighted by Gasteiger charge is -2.25. The molecule has 15 heavy (non-hydrogen) atoms. The molecule has 0 aliphatic heterocycles. The predicted molar refractivity (Wildman–Crippen MR) is 57.2 cm³/mol. The molecule has 0 aliphatic rings. The van der Waals surface area contributed by atoms with E-state index in [-0.39, 0.29) is 36.6 Å². The molecule has 0 N–H and O–H groups in total. The van der Waals surface area contributed by atoms with Gasteiger partial charge in [0.25, 0.3) is 0 Å². The zero-order valence-electron chi connectivity index (χ0n) is 9.42. The monoisotopic (exact) mass is 208 g/mol. The van der Waals surface area contributed by atoms with E-state index in [1.165, 1.54) is 20.8 Å². The Bertz CT molecular complexity index is 306. The molecule has 0 radical (unpaired) electrons. The van der Waals surface area contributed by atoms with Crippen LogP contribution in [-0.4, -0.2) is 17.3 Å². The summed E-state index contributed by atoms with van der Waals surface area (Å²) in [5.74, 6) is 1.79. The van der Waals surface area contributed by atoms with Crippen molar-refractivity contribution >= 4 is 17.3 Å². The maximum absolute atomic E-state index is 11.5. The van der Waals surface area contributed by atoms with Crippen LogP contribution >= 0.6 is 0 Å². The average Bonchev–Trinajstić information content (AvgIpc) is 2.10. The largest absolute Gasteiger partial charge is 0.300 e. The highest BCUT2D eigenvalue weighted by atomic mass is 16.2. The first-order valence-electron chi connectivity index (χ1n) is 4.82. The maximum Gasteiger partial charge on any atom is 0.144 e. The smallest absolute Gasteiger partial charge is 0.144 e. The first-order chi connectivity index (χ1) is 6.86. The van der Waals surface area contributed by atoms with Crippen LogP contribution in [0.25, 0.3) is 0 Å². The summed E-state index contributed by atoms with van der Waals surface area (Å²) in [6.45, 7) is 4.12. The van der Waals surface area contributed by atoms with Gasteiger partial charge in [-0.15, -0.1) is 12.3 Å². The van der Waals surface area contributed by atoms with E-state index in [0.29, 0.717) is 0 Å². The summed E-state index contributed by atoms with van der Waals surface area (Å²) < 4.78 is 0. The number of Topliss-reactive ketones (excluding diaryl/α,β-unsaturated/α-hetero) is 3. The fourth-order valence-electron chi connectivity index (χ4n) is 1.50. The first kappa shape index (κ1) is 13.6. The first-order valence-corrected chi connectivity index (χ1v) is 4.82. The SMILES string of the molecule is C#CCC(CCC(C)=O)(C(C)=O)C(C)=O. The number of carbonyl (C=O) groups is 3. The Morgan fingerprint density at radius 2 is 1.60 bits per heavy atom. The summed E-state index contributed by atoms with van der Waals surface area (Å²) in [6, 6.07) is 0. The highest BCUT2D eigenvalue weighted by Gasteiger charge is 2.39. The quantitative estimate of drug-likeness (QED) is 0.491. The van der Waals surface area contributed by atoms with Crippen LogP contribution in [0.4, 0.5) is 0 Å². The topological polar surface area (TPSA) is 51.2 Å². The van der Waals surface area contributed by atoms with Gasteiger partial charge in [-0.1, -0.05) is 0 Å². The number of rotatable bonds is 6. The summed E-state index contributed by atoms with van der Waals surface area (Å²) in [4.78, 5) is 33.8. The van der Waals surface area contributed by atoms with Crippen molar-refractivity contribution in [2.45, 2.75) is 40.0 Å². The van der Waals surface area contributed by atoms with Crippen molar-refractivity contribution in [3.8, 4) is 12.3 Å². The third-order valence-corrected chi connectivity index (χ3v) is 2.66. The van der Waals surface area contributed by atoms with Gasteiger partial charge in [-0.3, -0.25) is 9.59 Å². The molecular weight excluding hydrogens is 192 g/mol. The Morgan fingerprint density at radius 3 is 1.87 bits per heavy atom. The molecule has 0 spiro atoms. The van der Waals surface area contributed by atoms with Crippen LogP contribution in [-0.2, 0) is 14.4 Å². The van der Waals surface area contributed by atoms with E-state index in [9.17, 15) is 14.4 Å². The Hall–Kier alpha value is -1.43. The van der Waals surface area contributed by atoms with Gasteiger partial charge in [-0.2, -0.15) is 0 Å². The highest BCUT2D eigenvalue weighted by Crippen LogP contribution is 2.30. The standard InChI is InChI=1S/C12H16O3/c1-5-7-12(10(3)14,11(4)15)8-6-9(2)13/h1H,6-8H2,2-4H3. The summed E-state index contributed by atoms with van der Waals surface area (Å²) >= 11 is 0. The molecule has 0 fully saturated rings. The van der Waals surface area contributed by atoms with E-state index in [1.54, 1.807) is 0 Å². The zero-order chi connectivity index (χ0) is 12.1. The van der Waals surface area contributed by atoms with Crippen molar-refractivity contribution < 1.29 is 14.4 Å². The third kappa shape index (κ3) is 3.32. The van der Waals surface area contributed by atoms with E-state index in [2.05, 4.69) is 5.92 Å². The molecule has 0 rings (SSSR count). The molecule has 3 nitrogen and oxygen atoms in total. The van der Waals surface area contributed by atoms with Crippen molar-refractivity contribution in [3.63, 3.8) is 0 Å². The second-order valence-electron chi connectivity index (χ2n) is 3.78. The highest BCUT2D eigenvalue weighted by molar-refractivity contribution is 6.05. The van der Waals surface area contributed by atoms with Crippen LogP contribution in [0.5, 0.6) is 0 Å². The summed E-state index contributed by atoms with van der Waals surface area (Å²) in [6.07, 6.45) is 5.66. The second-order valence-corrected chi connectivity index (χ2v) is 3.78. The molecule has 0 amide bonds. The molecule has 0 saturated heterocycles. The molecule has 0 aromatic heterocycles. The van der Waals surface area contributed by atoms with Crippen LogP contribution in [0.15, 0.2) is 0 Å². The summed E-state index contributed by atoms with van der Waals surface area (Å²) in [5.41, 5.74) is -1.15. The summed E-state index contributed by atoms with van der Waals surface area (Å²) in [5, 5.41) is 0. The van der Waals surface area contributed by atoms with Crippen molar-refractivity contribution in [2.75, 3.05) is 0 Å².